The quantitative estimate of drug-likeness (QED) is 0.118. The minimum absolute atomic E-state index is 0.0614. The molecule has 1 aliphatic rings. The molecule has 5 aromatic heterocycles. The summed E-state index contributed by atoms with van der Waals surface area (Å²) in [4.78, 5) is 4.99. The number of hydrogen-bond donors (Lipinski definition) is 0. The molecule has 0 amide bonds. The number of nitrogens with zero attached hydrogens (tertiary/aromatic N) is 4. The number of imidazole rings is 1. The second-order valence-corrected chi connectivity index (χ2v) is 29.4. The monoisotopic (exact) mass is 1250 g/mol. The Morgan fingerprint density at radius 3 is 1.60 bits per heavy atom. The molecule has 0 spiro atoms. The Balaban J connectivity index is 0.902. The maximum atomic E-state index is 7.11. The van der Waals surface area contributed by atoms with Gasteiger partial charge in [0.2, 0.25) is 0 Å². The van der Waals surface area contributed by atoms with E-state index in [1.807, 2.05) is 18.3 Å². The molecular formula is C90H70N4O3. The first-order valence-electron chi connectivity index (χ1n) is 33.6. The zero-order valence-electron chi connectivity index (χ0n) is 55.8. The molecule has 6 heterocycles. The van der Waals surface area contributed by atoms with Crippen molar-refractivity contribution < 1.29 is 18.1 Å². The van der Waals surface area contributed by atoms with Gasteiger partial charge in [0.15, 0.2) is 0 Å². The first-order chi connectivity index (χ1) is 46.9. The van der Waals surface area contributed by atoms with E-state index in [0.717, 1.165) is 161 Å². The topological polar surface area (TPSA) is 62.1 Å². The van der Waals surface area contributed by atoms with E-state index in [9.17, 15) is 0 Å². The van der Waals surface area contributed by atoms with Gasteiger partial charge in [-0.1, -0.05) is 214 Å². The SMILES string of the molecule is CC(C)(C)c1cc(-c2cccc3c2-[n+]2[c-]n(-c4cccc(Oc5ccc6c7ccccc7n(-c7cc(C(C)(C)C)ccn7)c6c5)c4)c4cc(-c5ccc6oc7ccccc7c6c5)cc(c42)-c2ccccc2-c2ccc(-c4ccc5oc6ccccc6c5c4)cc2-3)cc(C(C)(C)C)c1. The average Bonchev–Trinajstić information content (AvgIpc) is 1.53. The van der Waals surface area contributed by atoms with Crippen molar-refractivity contribution in [1.82, 2.24) is 14.1 Å². The fourth-order valence-electron chi connectivity index (χ4n) is 14.9. The van der Waals surface area contributed by atoms with Crippen molar-refractivity contribution in [2.24, 2.45) is 0 Å². The summed E-state index contributed by atoms with van der Waals surface area (Å²) in [5.41, 5.74) is 26.1. The molecule has 1 aliphatic heterocycles. The van der Waals surface area contributed by atoms with Gasteiger partial charge in [0.25, 0.3) is 6.33 Å². The van der Waals surface area contributed by atoms with Crippen LogP contribution >= 0.6 is 0 Å². The molecule has 0 fully saturated rings. The molecule has 0 bridgehead atoms. The van der Waals surface area contributed by atoms with Crippen LogP contribution in [0.4, 0.5) is 0 Å². The third-order valence-electron chi connectivity index (χ3n) is 20.0. The normalized spacial score (nSPS) is 12.6. The Kier molecular flexibility index (Phi) is 12.9. The van der Waals surface area contributed by atoms with Gasteiger partial charge in [0.05, 0.1) is 33.4 Å². The van der Waals surface area contributed by atoms with E-state index in [4.69, 9.17) is 18.6 Å². The van der Waals surface area contributed by atoms with Gasteiger partial charge in [-0.05, 0) is 197 Å². The minimum Gasteiger partial charge on any atom is -0.458 e. The Morgan fingerprint density at radius 2 is 0.897 bits per heavy atom. The van der Waals surface area contributed by atoms with E-state index >= 15 is 0 Å². The van der Waals surface area contributed by atoms with Gasteiger partial charge < -0.3 is 13.6 Å². The van der Waals surface area contributed by atoms with Crippen LogP contribution < -0.4 is 9.30 Å². The number of fused-ring (bicyclic) bond motifs is 16. The van der Waals surface area contributed by atoms with Crippen LogP contribution in [0.1, 0.15) is 79.0 Å². The van der Waals surface area contributed by atoms with Crippen molar-refractivity contribution in [3.05, 3.63) is 284 Å². The third kappa shape index (κ3) is 9.61. The molecule has 7 heteroatoms. The van der Waals surface area contributed by atoms with E-state index in [1.54, 1.807) is 0 Å². The summed E-state index contributed by atoms with van der Waals surface area (Å²) in [5.74, 6) is 2.27. The number of hydrogen-bond acceptors (Lipinski definition) is 4. The number of pyridine rings is 1. The van der Waals surface area contributed by atoms with Crippen LogP contribution in [0, 0.1) is 6.33 Å². The Bertz CT molecular complexity index is 6090. The van der Waals surface area contributed by atoms with Crippen LogP contribution in [0.25, 0.3) is 161 Å². The fraction of sp³-hybridized carbons (Fsp3) is 0.133. The maximum Gasteiger partial charge on any atom is 0.269 e. The molecule has 0 saturated heterocycles. The first-order valence-corrected chi connectivity index (χ1v) is 33.6. The fourth-order valence-corrected chi connectivity index (χ4v) is 14.9. The number of furan rings is 2. The molecule has 0 saturated carbocycles. The second kappa shape index (κ2) is 21.5. The van der Waals surface area contributed by atoms with Gasteiger partial charge in [-0.15, -0.1) is 0 Å². The summed E-state index contributed by atoms with van der Waals surface area (Å²) >= 11 is 0. The second-order valence-electron chi connectivity index (χ2n) is 29.4. The lowest BCUT2D eigenvalue weighted by Crippen LogP contribution is -2.32. The van der Waals surface area contributed by atoms with Crippen LogP contribution in [0.15, 0.2) is 270 Å². The number of benzene rings is 12. The molecule has 17 aromatic rings. The number of ether oxygens (including phenoxy) is 1. The highest BCUT2D eigenvalue weighted by molar-refractivity contribution is 6.11. The van der Waals surface area contributed by atoms with E-state index in [2.05, 4.69) is 325 Å². The number of aromatic nitrogens is 4. The van der Waals surface area contributed by atoms with Crippen LogP contribution in [0.2, 0.25) is 0 Å². The molecule has 0 atom stereocenters. The van der Waals surface area contributed by atoms with Gasteiger partial charge in [-0.2, -0.15) is 0 Å². The summed E-state index contributed by atoms with van der Waals surface area (Å²) in [6.45, 7) is 20.7. The Morgan fingerprint density at radius 1 is 0.351 bits per heavy atom. The molecule has 0 aliphatic carbocycles. The molecular weight excluding hydrogens is 1190 g/mol. The van der Waals surface area contributed by atoms with Crippen molar-refractivity contribution in [3.63, 3.8) is 0 Å². The van der Waals surface area contributed by atoms with Crippen molar-refractivity contribution >= 4 is 76.7 Å². The van der Waals surface area contributed by atoms with Gasteiger partial charge >= 0.3 is 0 Å². The lowest BCUT2D eigenvalue weighted by Gasteiger charge is -2.27. The zero-order chi connectivity index (χ0) is 65.8. The third-order valence-corrected chi connectivity index (χ3v) is 20.0. The van der Waals surface area contributed by atoms with Gasteiger partial charge in [-0.3, -0.25) is 13.7 Å². The van der Waals surface area contributed by atoms with Crippen molar-refractivity contribution in [1.29, 1.82) is 0 Å². The molecule has 0 N–H and O–H groups in total. The first kappa shape index (κ1) is 58.1. The zero-order valence-corrected chi connectivity index (χ0v) is 55.8. The summed E-state index contributed by atoms with van der Waals surface area (Å²) in [5, 5.41) is 6.62. The van der Waals surface area contributed by atoms with Crippen LogP contribution in [0.5, 0.6) is 11.5 Å². The summed E-state index contributed by atoms with van der Waals surface area (Å²) in [6, 6.07) is 92.7. The Hall–Kier alpha value is -11.5. The lowest BCUT2D eigenvalue weighted by atomic mass is 9.78. The Labute approximate surface area is 563 Å². The van der Waals surface area contributed by atoms with Crippen molar-refractivity contribution in [3.8, 4) is 95.5 Å². The number of para-hydroxylation sites is 4. The standard InChI is InChI=1S/C90H70N4O3/c1-88(2,3)59-40-41-91-85(50-59)94-78-29-15-12-24-69(78)70-37-35-64(52-79(70)94)95-63-21-18-20-62(51-63)92-53-93-86-65(58-42-60(89(4,5)6)49-61(43-58)90(7,8)9)27-19-28-73(86)74-44-54(55-33-38-83-75(45-55)71-25-13-16-30-81(71)96-83)32-36-68(74)66-22-10-11-23-67(66)77-47-57(48-80(92)87(77)93)56-34-39-84-76(46-56)72-26-14-17-31-82(72)97-84/h10-52H,1-9H3. The van der Waals surface area contributed by atoms with Crippen molar-refractivity contribution in [2.45, 2.75) is 78.6 Å². The largest absolute Gasteiger partial charge is 0.458 e. The van der Waals surface area contributed by atoms with Crippen LogP contribution in [-0.4, -0.2) is 14.1 Å². The van der Waals surface area contributed by atoms with E-state index in [1.165, 1.54) is 16.7 Å². The maximum absolute atomic E-state index is 7.11. The minimum atomic E-state index is -0.140. The van der Waals surface area contributed by atoms with Gasteiger partial charge in [-0.25, -0.2) is 4.98 Å². The molecule has 468 valence electrons. The molecule has 0 radical (unpaired) electrons. The van der Waals surface area contributed by atoms with Gasteiger partial charge in [0, 0.05) is 44.6 Å². The summed E-state index contributed by atoms with van der Waals surface area (Å²) in [6.07, 6.45) is 6.11. The molecule has 18 rings (SSSR count). The average molecular weight is 1260 g/mol. The van der Waals surface area contributed by atoms with E-state index in [-0.39, 0.29) is 16.2 Å². The lowest BCUT2D eigenvalue weighted by molar-refractivity contribution is -0.570. The highest BCUT2D eigenvalue weighted by Gasteiger charge is 2.30. The smallest absolute Gasteiger partial charge is 0.269 e. The van der Waals surface area contributed by atoms with E-state index in [0.29, 0.717) is 11.5 Å². The molecule has 97 heavy (non-hydrogen) atoms. The van der Waals surface area contributed by atoms with Crippen LogP contribution in [0.3, 0.4) is 0 Å². The highest BCUT2D eigenvalue weighted by atomic mass is 16.5. The van der Waals surface area contributed by atoms with E-state index < -0.39 is 0 Å². The van der Waals surface area contributed by atoms with Crippen molar-refractivity contribution in [2.75, 3.05) is 0 Å². The summed E-state index contributed by atoms with van der Waals surface area (Å²) < 4.78 is 26.9. The predicted octanol–water partition coefficient (Wildman–Crippen LogP) is 24.0. The number of rotatable bonds is 7. The van der Waals surface area contributed by atoms with Gasteiger partial charge in [0.1, 0.15) is 39.6 Å². The summed E-state index contributed by atoms with van der Waals surface area (Å²) in [7, 11) is 0. The molecule has 12 aromatic carbocycles. The molecule has 7 nitrogen and oxygen atoms in total. The highest BCUT2D eigenvalue weighted by Crippen LogP contribution is 2.49. The van der Waals surface area contributed by atoms with Crippen LogP contribution in [-0.2, 0) is 16.2 Å². The predicted molar refractivity (Wildman–Crippen MR) is 399 cm³/mol. The molecule has 0 unspecified atom stereocenters.